The van der Waals surface area contributed by atoms with Crippen molar-refractivity contribution in [3.05, 3.63) is 60.1 Å². The summed E-state index contributed by atoms with van der Waals surface area (Å²) in [4.78, 5) is 7.71. The van der Waals surface area contributed by atoms with Crippen LogP contribution in [0.15, 0.2) is 40.7 Å². The molecule has 2 aromatic heterocycles. The summed E-state index contributed by atoms with van der Waals surface area (Å²) in [6, 6.07) is 11.6. The van der Waals surface area contributed by atoms with Gasteiger partial charge < -0.3 is 0 Å². The van der Waals surface area contributed by atoms with Crippen molar-refractivity contribution in [2.75, 3.05) is 0 Å². The third kappa shape index (κ3) is 3.35. The molecule has 0 radical (unpaired) electrons. The Labute approximate surface area is 148 Å². The molecule has 0 spiro atoms. The van der Waals surface area contributed by atoms with E-state index in [9.17, 15) is 5.26 Å². The molecule has 1 aromatic carbocycles. The quantitative estimate of drug-likeness (QED) is 0.438. The standard InChI is InChI=1S/C16H8Cl2N2SSe/c17-13-4-3-10(7-14(13)18)15-9-22-16(20-15)11(8-19)6-12-2-1-5-21-12/h1-7,9H. The number of hydrogen-bond acceptors (Lipinski definition) is 3. The van der Waals surface area contributed by atoms with Crippen LogP contribution in [-0.4, -0.2) is 19.5 Å². The molecule has 0 amide bonds. The van der Waals surface area contributed by atoms with Crippen LogP contribution in [0.1, 0.15) is 9.44 Å². The average Bonchev–Trinajstić information content (AvgIpc) is 3.18. The van der Waals surface area contributed by atoms with Gasteiger partial charge in [0.05, 0.1) is 0 Å². The second-order valence-corrected chi connectivity index (χ2v) is 7.95. The number of halogens is 2. The number of allylic oxidation sites excluding steroid dienone is 1. The molecule has 0 aliphatic rings. The predicted molar refractivity (Wildman–Crippen MR) is 94.4 cm³/mol. The number of nitrogens with zero attached hydrogens (tertiary/aromatic N) is 2. The van der Waals surface area contributed by atoms with Crippen molar-refractivity contribution in [3.63, 3.8) is 0 Å². The normalized spacial score (nSPS) is 11.4. The van der Waals surface area contributed by atoms with Crippen LogP contribution in [0.3, 0.4) is 0 Å². The van der Waals surface area contributed by atoms with Crippen LogP contribution in [0, 0.1) is 11.3 Å². The summed E-state index contributed by atoms with van der Waals surface area (Å²) in [6.45, 7) is 0. The minimum atomic E-state index is 0.0419. The van der Waals surface area contributed by atoms with Crippen LogP contribution in [0.2, 0.25) is 10.0 Å². The number of aromatic nitrogens is 1. The van der Waals surface area contributed by atoms with Crippen LogP contribution in [-0.2, 0) is 0 Å². The second-order valence-electron chi connectivity index (χ2n) is 4.35. The first-order valence-corrected chi connectivity index (χ1v) is 9.72. The Morgan fingerprint density at radius 3 is 2.82 bits per heavy atom. The van der Waals surface area contributed by atoms with Gasteiger partial charge in [0.1, 0.15) is 0 Å². The summed E-state index contributed by atoms with van der Waals surface area (Å²) in [7, 11) is 0. The van der Waals surface area contributed by atoms with Crippen LogP contribution >= 0.6 is 34.5 Å². The maximum atomic E-state index is 9.38. The Hall–Kier alpha value is -1.34. The van der Waals surface area contributed by atoms with E-state index in [1.54, 1.807) is 23.5 Å². The molecule has 0 saturated heterocycles. The molecule has 0 aliphatic carbocycles. The predicted octanol–water partition coefficient (Wildman–Crippen LogP) is 5.24. The molecular formula is C16H8Cl2N2SSe. The Morgan fingerprint density at radius 1 is 1.27 bits per heavy atom. The Morgan fingerprint density at radius 2 is 2.14 bits per heavy atom. The first-order valence-electron chi connectivity index (χ1n) is 6.24. The van der Waals surface area contributed by atoms with Crippen LogP contribution < -0.4 is 0 Å². The summed E-state index contributed by atoms with van der Waals surface area (Å²) in [6.07, 6.45) is 1.89. The first kappa shape index (κ1) is 15.6. The van der Waals surface area contributed by atoms with E-state index in [1.165, 1.54) is 0 Å². The van der Waals surface area contributed by atoms with Gasteiger partial charge in [-0.25, -0.2) is 0 Å². The molecule has 0 bridgehead atoms. The maximum absolute atomic E-state index is 9.38. The van der Waals surface area contributed by atoms with Gasteiger partial charge in [0.15, 0.2) is 0 Å². The molecule has 108 valence electrons. The number of rotatable bonds is 3. The van der Waals surface area contributed by atoms with Crippen LogP contribution in [0.4, 0.5) is 0 Å². The fourth-order valence-corrected chi connectivity index (χ4v) is 4.47. The molecule has 22 heavy (non-hydrogen) atoms. The Kier molecular flexibility index (Phi) is 4.83. The van der Waals surface area contributed by atoms with Gasteiger partial charge in [0.2, 0.25) is 0 Å². The molecule has 2 heterocycles. The molecule has 2 nitrogen and oxygen atoms in total. The third-order valence-electron chi connectivity index (χ3n) is 2.90. The zero-order valence-electron chi connectivity index (χ0n) is 11.1. The molecule has 6 heteroatoms. The zero-order chi connectivity index (χ0) is 15.5. The van der Waals surface area contributed by atoms with Crippen molar-refractivity contribution >= 4 is 60.7 Å². The van der Waals surface area contributed by atoms with Gasteiger partial charge in [-0.1, -0.05) is 0 Å². The second kappa shape index (κ2) is 6.83. The van der Waals surface area contributed by atoms with Crippen molar-refractivity contribution in [3.8, 4) is 17.3 Å². The van der Waals surface area contributed by atoms with Crippen molar-refractivity contribution in [1.29, 1.82) is 5.26 Å². The number of benzene rings is 1. The number of hydrogen-bond donors (Lipinski definition) is 0. The fourth-order valence-electron chi connectivity index (χ4n) is 1.84. The minimum absolute atomic E-state index is 0.0419. The molecule has 0 aliphatic heterocycles. The summed E-state index contributed by atoms with van der Waals surface area (Å²) in [5, 5.41) is 12.4. The first-order chi connectivity index (χ1) is 10.7. The molecule has 0 N–H and O–H groups in total. The average molecular weight is 410 g/mol. The zero-order valence-corrected chi connectivity index (χ0v) is 15.1. The van der Waals surface area contributed by atoms with Crippen molar-refractivity contribution in [1.82, 2.24) is 4.98 Å². The van der Waals surface area contributed by atoms with Gasteiger partial charge in [-0.05, 0) is 0 Å². The SMILES string of the molecule is N#CC(=Cc1cccs1)c1nc(-c2ccc(Cl)c(Cl)c2)c[se]1. The van der Waals surface area contributed by atoms with Crippen molar-refractivity contribution in [2.45, 2.75) is 0 Å². The van der Waals surface area contributed by atoms with E-state index in [0.29, 0.717) is 15.6 Å². The van der Waals surface area contributed by atoms with Gasteiger partial charge in [0.25, 0.3) is 0 Å². The van der Waals surface area contributed by atoms with Crippen LogP contribution in [0.5, 0.6) is 0 Å². The number of thiophene rings is 1. The number of nitriles is 1. The van der Waals surface area contributed by atoms with Gasteiger partial charge >= 0.3 is 148 Å². The molecule has 0 saturated carbocycles. The van der Waals surface area contributed by atoms with Crippen molar-refractivity contribution in [2.24, 2.45) is 0 Å². The fraction of sp³-hybridized carbons (Fsp3) is 0. The summed E-state index contributed by atoms with van der Waals surface area (Å²) >= 11 is 13.6. The van der Waals surface area contributed by atoms with Gasteiger partial charge in [-0.3, -0.25) is 0 Å². The van der Waals surface area contributed by atoms with E-state index in [4.69, 9.17) is 23.2 Å². The Balaban J connectivity index is 1.96. The van der Waals surface area contributed by atoms with E-state index >= 15 is 0 Å². The molecular weight excluding hydrogens is 402 g/mol. The van der Waals surface area contributed by atoms with Gasteiger partial charge in [-0.15, -0.1) is 0 Å². The topological polar surface area (TPSA) is 36.7 Å². The molecule has 3 rings (SSSR count). The third-order valence-corrected chi connectivity index (χ3v) is 6.30. The molecule has 0 unspecified atom stereocenters. The molecule has 3 aromatic rings. The van der Waals surface area contributed by atoms with Gasteiger partial charge in [0, 0.05) is 0 Å². The summed E-state index contributed by atoms with van der Waals surface area (Å²) in [5.41, 5.74) is 2.38. The van der Waals surface area contributed by atoms with E-state index in [2.05, 4.69) is 16.0 Å². The summed E-state index contributed by atoms with van der Waals surface area (Å²) < 4.78 is 0.837. The van der Waals surface area contributed by atoms with E-state index < -0.39 is 0 Å². The van der Waals surface area contributed by atoms with Crippen molar-refractivity contribution < 1.29 is 0 Å². The van der Waals surface area contributed by atoms with Crippen LogP contribution in [0.25, 0.3) is 22.9 Å². The van der Waals surface area contributed by atoms with E-state index in [0.717, 1.165) is 20.7 Å². The Bertz CT molecular complexity index is 876. The van der Waals surface area contributed by atoms with E-state index in [-0.39, 0.29) is 14.5 Å². The molecule has 0 atom stereocenters. The van der Waals surface area contributed by atoms with E-state index in [1.807, 2.05) is 29.7 Å². The monoisotopic (exact) mass is 410 g/mol. The van der Waals surface area contributed by atoms with Gasteiger partial charge in [-0.2, -0.15) is 0 Å². The molecule has 0 fully saturated rings. The summed E-state index contributed by atoms with van der Waals surface area (Å²) in [5.74, 6) is 0.